The van der Waals surface area contributed by atoms with E-state index in [0.29, 0.717) is 17.8 Å². The smallest absolute Gasteiger partial charge is 0.238 e. The summed E-state index contributed by atoms with van der Waals surface area (Å²) < 4.78 is 0. The van der Waals surface area contributed by atoms with Gasteiger partial charge < -0.3 is 10.4 Å². The van der Waals surface area contributed by atoms with Gasteiger partial charge in [0, 0.05) is 6.54 Å². The van der Waals surface area contributed by atoms with Crippen molar-refractivity contribution >= 4 is 11.6 Å². The Morgan fingerprint density at radius 2 is 2.30 bits per heavy atom. The first-order chi connectivity index (χ1) is 9.60. The van der Waals surface area contributed by atoms with Crippen molar-refractivity contribution in [2.45, 2.75) is 19.4 Å². The highest BCUT2D eigenvalue weighted by Crippen LogP contribution is 2.17. The van der Waals surface area contributed by atoms with Crippen molar-refractivity contribution in [2.75, 3.05) is 25.0 Å². The van der Waals surface area contributed by atoms with Gasteiger partial charge in [0.15, 0.2) is 0 Å². The first-order valence-electron chi connectivity index (χ1n) is 6.79. The summed E-state index contributed by atoms with van der Waals surface area (Å²) in [5, 5.41) is 21.5. The molecule has 1 heterocycles. The summed E-state index contributed by atoms with van der Waals surface area (Å²) in [4.78, 5) is 13.9. The molecule has 1 aliphatic heterocycles. The number of β-amino-alcohol motifs (C(OH)–C–C–N with tert-alkyl or cyclic N) is 1. The van der Waals surface area contributed by atoms with Gasteiger partial charge in [-0.2, -0.15) is 5.26 Å². The molecule has 1 fully saturated rings. The van der Waals surface area contributed by atoms with E-state index in [0.717, 1.165) is 13.0 Å². The lowest BCUT2D eigenvalue weighted by Gasteiger charge is -2.33. The number of nitriles is 1. The molecule has 1 aromatic carbocycles. The molecule has 1 aliphatic rings. The standard InChI is InChI=1S/C15H19N3O2/c1-11-6-7-18(9-14(11)19)10-15(20)17-13-5-3-2-4-12(13)8-16/h2-5,11,14,19H,6-7,9-10H2,1H3,(H,17,20). The van der Waals surface area contributed by atoms with Gasteiger partial charge in [-0.05, 0) is 31.0 Å². The molecule has 0 saturated carbocycles. The number of anilines is 1. The molecule has 1 aromatic rings. The molecular formula is C15H19N3O2. The lowest BCUT2D eigenvalue weighted by atomic mass is 9.96. The van der Waals surface area contributed by atoms with Gasteiger partial charge in [0.2, 0.25) is 5.91 Å². The minimum Gasteiger partial charge on any atom is -0.392 e. The number of aliphatic hydroxyl groups is 1. The Balaban J connectivity index is 1.91. The van der Waals surface area contributed by atoms with E-state index in [1.165, 1.54) is 0 Å². The minimum absolute atomic E-state index is 0.158. The Hall–Kier alpha value is -1.90. The molecule has 2 atom stereocenters. The second-order valence-corrected chi connectivity index (χ2v) is 5.27. The van der Waals surface area contributed by atoms with E-state index in [-0.39, 0.29) is 24.5 Å². The third kappa shape index (κ3) is 3.56. The van der Waals surface area contributed by atoms with Crippen LogP contribution < -0.4 is 5.32 Å². The quantitative estimate of drug-likeness (QED) is 0.867. The molecule has 0 bridgehead atoms. The number of rotatable bonds is 3. The van der Waals surface area contributed by atoms with Crippen molar-refractivity contribution in [3.63, 3.8) is 0 Å². The maximum absolute atomic E-state index is 12.0. The van der Waals surface area contributed by atoms with Gasteiger partial charge in [0.25, 0.3) is 0 Å². The van der Waals surface area contributed by atoms with Gasteiger partial charge in [-0.3, -0.25) is 9.69 Å². The topological polar surface area (TPSA) is 76.4 Å². The number of nitrogens with one attached hydrogen (secondary N) is 1. The number of carbonyl (C=O) groups excluding carboxylic acids is 1. The van der Waals surface area contributed by atoms with Crippen LogP contribution in [-0.4, -0.2) is 41.7 Å². The van der Waals surface area contributed by atoms with Crippen LogP contribution in [0.2, 0.25) is 0 Å². The second-order valence-electron chi connectivity index (χ2n) is 5.27. The average molecular weight is 273 g/mol. The van der Waals surface area contributed by atoms with Crippen molar-refractivity contribution < 1.29 is 9.90 Å². The lowest BCUT2D eigenvalue weighted by Crippen LogP contribution is -2.45. The largest absolute Gasteiger partial charge is 0.392 e. The number of hydrogen-bond acceptors (Lipinski definition) is 4. The molecule has 5 nitrogen and oxygen atoms in total. The van der Waals surface area contributed by atoms with E-state index in [4.69, 9.17) is 5.26 Å². The van der Waals surface area contributed by atoms with Gasteiger partial charge in [0.1, 0.15) is 6.07 Å². The Labute approximate surface area is 118 Å². The molecule has 2 rings (SSSR count). The van der Waals surface area contributed by atoms with E-state index >= 15 is 0 Å². The van der Waals surface area contributed by atoms with Gasteiger partial charge in [-0.1, -0.05) is 19.1 Å². The molecule has 1 amide bonds. The number of likely N-dealkylation sites (tertiary alicyclic amines) is 1. The first-order valence-corrected chi connectivity index (χ1v) is 6.79. The van der Waals surface area contributed by atoms with E-state index in [2.05, 4.69) is 5.32 Å². The predicted molar refractivity (Wildman–Crippen MR) is 76.0 cm³/mol. The van der Waals surface area contributed by atoms with Gasteiger partial charge in [-0.15, -0.1) is 0 Å². The number of benzene rings is 1. The highest BCUT2D eigenvalue weighted by molar-refractivity contribution is 5.93. The average Bonchev–Trinajstić information content (AvgIpc) is 2.43. The number of carbonyl (C=O) groups is 1. The fraction of sp³-hybridized carbons (Fsp3) is 0.467. The van der Waals surface area contributed by atoms with Crippen LogP contribution in [-0.2, 0) is 4.79 Å². The Bertz CT molecular complexity index is 524. The van der Waals surface area contributed by atoms with Crippen LogP contribution in [0.3, 0.4) is 0 Å². The van der Waals surface area contributed by atoms with Crippen LogP contribution in [0.25, 0.3) is 0 Å². The summed E-state index contributed by atoms with van der Waals surface area (Å²) in [5.74, 6) is 0.128. The highest BCUT2D eigenvalue weighted by atomic mass is 16.3. The van der Waals surface area contributed by atoms with Crippen molar-refractivity contribution in [1.82, 2.24) is 4.90 Å². The molecule has 0 spiro atoms. The monoisotopic (exact) mass is 273 g/mol. The van der Waals surface area contributed by atoms with Crippen LogP contribution in [0.1, 0.15) is 18.9 Å². The minimum atomic E-state index is -0.372. The van der Waals surface area contributed by atoms with Crippen molar-refractivity contribution in [1.29, 1.82) is 5.26 Å². The molecule has 5 heteroatoms. The normalized spacial score (nSPS) is 23.1. The summed E-state index contributed by atoms with van der Waals surface area (Å²) in [6.07, 6.45) is 0.520. The number of para-hydroxylation sites is 1. The third-order valence-electron chi connectivity index (χ3n) is 3.69. The Morgan fingerprint density at radius 3 is 3.00 bits per heavy atom. The van der Waals surface area contributed by atoms with Crippen LogP contribution in [0, 0.1) is 17.2 Å². The Morgan fingerprint density at radius 1 is 1.55 bits per heavy atom. The SMILES string of the molecule is CC1CCN(CC(=O)Nc2ccccc2C#N)CC1O. The summed E-state index contributed by atoms with van der Waals surface area (Å²) >= 11 is 0. The lowest BCUT2D eigenvalue weighted by molar-refractivity contribution is -0.118. The van der Waals surface area contributed by atoms with Crippen LogP contribution in [0.5, 0.6) is 0 Å². The number of nitrogens with zero attached hydrogens (tertiary/aromatic N) is 2. The fourth-order valence-corrected chi connectivity index (χ4v) is 2.34. The molecule has 1 saturated heterocycles. The van der Waals surface area contributed by atoms with Crippen molar-refractivity contribution in [3.8, 4) is 6.07 Å². The maximum atomic E-state index is 12.0. The number of hydrogen-bond donors (Lipinski definition) is 2. The molecular weight excluding hydrogens is 254 g/mol. The molecule has 2 N–H and O–H groups in total. The number of piperidine rings is 1. The summed E-state index contributed by atoms with van der Waals surface area (Å²) in [6, 6.07) is 8.97. The summed E-state index contributed by atoms with van der Waals surface area (Å²) in [6.45, 7) is 3.59. The summed E-state index contributed by atoms with van der Waals surface area (Å²) in [5.41, 5.74) is 0.985. The molecule has 2 unspecified atom stereocenters. The zero-order valence-corrected chi connectivity index (χ0v) is 11.5. The summed E-state index contributed by atoms with van der Waals surface area (Å²) in [7, 11) is 0. The van der Waals surface area contributed by atoms with Crippen LogP contribution in [0.4, 0.5) is 5.69 Å². The Kier molecular flexibility index (Phi) is 4.72. The highest BCUT2D eigenvalue weighted by Gasteiger charge is 2.25. The van der Waals surface area contributed by atoms with Gasteiger partial charge >= 0.3 is 0 Å². The second kappa shape index (κ2) is 6.51. The molecule has 20 heavy (non-hydrogen) atoms. The zero-order chi connectivity index (χ0) is 14.5. The predicted octanol–water partition coefficient (Wildman–Crippen LogP) is 1.20. The van der Waals surface area contributed by atoms with E-state index in [9.17, 15) is 9.90 Å². The maximum Gasteiger partial charge on any atom is 0.238 e. The molecule has 0 aliphatic carbocycles. The molecule has 0 aromatic heterocycles. The van der Waals surface area contributed by atoms with Gasteiger partial charge in [-0.25, -0.2) is 0 Å². The van der Waals surface area contributed by atoms with Gasteiger partial charge in [0.05, 0.1) is 23.9 Å². The van der Waals surface area contributed by atoms with Crippen molar-refractivity contribution in [3.05, 3.63) is 29.8 Å². The van der Waals surface area contributed by atoms with E-state index < -0.39 is 0 Å². The number of amides is 1. The zero-order valence-electron chi connectivity index (χ0n) is 11.5. The third-order valence-corrected chi connectivity index (χ3v) is 3.69. The van der Waals surface area contributed by atoms with E-state index in [1.54, 1.807) is 24.3 Å². The van der Waals surface area contributed by atoms with E-state index in [1.807, 2.05) is 17.9 Å². The van der Waals surface area contributed by atoms with Crippen LogP contribution >= 0.6 is 0 Å². The fourth-order valence-electron chi connectivity index (χ4n) is 2.34. The van der Waals surface area contributed by atoms with Crippen LogP contribution in [0.15, 0.2) is 24.3 Å². The number of aliphatic hydroxyl groups excluding tert-OH is 1. The van der Waals surface area contributed by atoms with Crippen molar-refractivity contribution in [2.24, 2.45) is 5.92 Å². The first kappa shape index (κ1) is 14.5. The molecule has 106 valence electrons. The molecule has 0 radical (unpaired) electrons.